The summed E-state index contributed by atoms with van der Waals surface area (Å²) in [6.07, 6.45) is -3.80. The molecule has 0 spiro atoms. The van der Waals surface area contributed by atoms with Gasteiger partial charge in [-0.05, 0) is 53.9 Å². The maximum atomic E-state index is 12.5. The Hall–Kier alpha value is -3.03. The summed E-state index contributed by atoms with van der Waals surface area (Å²) in [5.74, 6) is -0.645. The summed E-state index contributed by atoms with van der Waals surface area (Å²) in [5.41, 5.74) is 1.27. The van der Waals surface area contributed by atoms with Crippen molar-refractivity contribution in [1.82, 2.24) is 0 Å². The lowest BCUT2D eigenvalue weighted by Crippen LogP contribution is -2.09. The first-order valence-corrected chi connectivity index (χ1v) is 8.09. The summed E-state index contributed by atoms with van der Waals surface area (Å²) in [4.78, 5) is 15.7. The molecular formula is C19H18F3NO4. The number of hydrogen-bond donors (Lipinski definition) is 1. The Morgan fingerprint density at radius 1 is 1.07 bits per heavy atom. The van der Waals surface area contributed by atoms with Gasteiger partial charge in [0.05, 0.1) is 11.3 Å². The fourth-order valence-electron chi connectivity index (χ4n) is 2.18. The molecule has 0 heterocycles. The largest absolute Gasteiger partial charge is 0.482 e. The molecule has 2 rings (SSSR count). The molecule has 2 aromatic rings. The van der Waals surface area contributed by atoms with E-state index in [1.807, 2.05) is 6.92 Å². The number of hydrogen-bond acceptors (Lipinski definition) is 4. The zero-order valence-corrected chi connectivity index (χ0v) is 14.5. The van der Waals surface area contributed by atoms with Crippen molar-refractivity contribution in [2.75, 3.05) is 6.61 Å². The van der Waals surface area contributed by atoms with Crippen molar-refractivity contribution >= 4 is 11.7 Å². The average Bonchev–Trinajstić information content (AvgIpc) is 2.64. The molecule has 0 saturated carbocycles. The summed E-state index contributed by atoms with van der Waals surface area (Å²) in [5, 5.41) is 12.6. The van der Waals surface area contributed by atoms with Crippen LogP contribution < -0.4 is 4.74 Å². The third-order valence-corrected chi connectivity index (χ3v) is 3.57. The molecule has 0 fully saturated rings. The standard InChI is InChI=1S/C19H18F3NO4/c1-2-17(14-5-9-16(10-6-14)26-12-18(24)25)23-27-11-13-3-7-15(8-4-13)19(20,21)22/h3-10H,2,11-12H2,1H3,(H,24,25)/b23-17+. The van der Waals surface area contributed by atoms with E-state index in [9.17, 15) is 18.0 Å². The summed E-state index contributed by atoms with van der Waals surface area (Å²) in [6.45, 7) is 1.50. The smallest absolute Gasteiger partial charge is 0.416 e. The van der Waals surface area contributed by atoms with Gasteiger partial charge in [-0.2, -0.15) is 13.2 Å². The normalized spacial score (nSPS) is 11.9. The lowest BCUT2D eigenvalue weighted by molar-refractivity contribution is -0.139. The quantitative estimate of drug-likeness (QED) is 0.540. The lowest BCUT2D eigenvalue weighted by atomic mass is 10.1. The van der Waals surface area contributed by atoms with Gasteiger partial charge in [-0.3, -0.25) is 0 Å². The van der Waals surface area contributed by atoms with E-state index in [0.717, 1.165) is 17.7 Å². The third-order valence-electron chi connectivity index (χ3n) is 3.57. The van der Waals surface area contributed by atoms with Crippen LogP contribution in [0.1, 0.15) is 30.0 Å². The highest BCUT2D eigenvalue weighted by Crippen LogP contribution is 2.29. The van der Waals surface area contributed by atoms with E-state index in [-0.39, 0.29) is 6.61 Å². The fourth-order valence-corrected chi connectivity index (χ4v) is 2.18. The van der Waals surface area contributed by atoms with Gasteiger partial charge in [0.25, 0.3) is 0 Å². The summed E-state index contributed by atoms with van der Waals surface area (Å²) in [7, 11) is 0. The van der Waals surface area contributed by atoms with Crippen LogP contribution in [0.4, 0.5) is 13.2 Å². The highest BCUT2D eigenvalue weighted by molar-refractivity contribution is 6.00. The molecule has 0 amide bonds. The van der Waals surface area contributed by atoms with E-state index < -0.39 is 24.3 Å². The summed E-state index contributed by atoms with van der Waals surface area (Å²) >= 11 is 0. The third kappa shape index (κ3) is 6.32. The minimum atomic E-state index is -4.37. The van der Waals surface area contributed by atoms with Crippen molar-refractivity contribution in [3.8, 4) is 5.75 Å². The Bertz CT molecular complexity index is 784. The Morgan fingerprint density at radius 2 is 1.70 bits per heavy atom. The van der Waals surface area contributed by atoms with Gasteiger partial charge in [-0.1, -0.05) is 24.2 Å². The SMILES string of the molecule is CC/C(=N\OCc1ccc(C(F)(F)F)cc1)c1ccc(OCC(=O)O)cc1. The Morgan fingerprint density at radius 3 is 2.22 bits per heavy atom. The number of benzene rings is 2. The van der Waals surface area contributed by atoms with Gasteiger partial charge in [-0.25, -0.2) is 4.79 Å². The maximum absolute atomic E-state index is 12.5. The minimum Gasteiger partial charge on any atom is -0.482 e. The second-order valence-electron chi connectivity index (χ2n) is 5.57. The first-order chi connectivity index (χ1) is 12.8. The van der Waals surface area contributed by atoms with Crippen molar-refractivity contribution < 1.29 is 32.6 Å². The number of halogens is 3. The molecule has 144 valence electrons. The Kier molecular flexibility index (Phi) is 6.81. The van der Waals surface area contributed by atoms with Crippen molar-refractivity contribution in [2.45, 2.75) is 26.1 Å². The molecule has 0 radical (unpaired) electrons. The number of ether oxygens (including phenoxy) is 1. The first-order valence-electron chi connectivity index (χ1n) is 8.09. The molecule has 8 heteroatoms. The highest BCUT2D eigenvalue weighted by Gasteiger charge is 2.29. The maximum Gasteiger partial charge on any atom is 0.416 e. The van der Waals surface area contributed by atoms with Crippen molar-refractivity contribution in [2.24, 2.45) is 5.16 Å². The first kappa shape index (κ1) is 20.3. The predicted molar refractivity (Wildman–Crippen MR) is 92.6 cm³/mol. The van der Waals surface area contributed by atoms with Crippen LogP contribution in [0.2, 0.25) is 0 Å². The van der Waals surface area contributed by atoms with Crippen LogP contribution in [0, 0.1) is 0 Å². The van der Waals surface area contributed by atoms with Gasteiger partial charge in [0.1, 0.15) is 12.4 Å². The van der Waals surface area contributed by atoms with Crippen LogP contribution in [0.3, 0.4) is 0 Å². The zero-order valence-electron chi connectivity index (χ0n) is 14.5. The number of nitrogens with zero attached hydrogens (tertiary/aromatic N) is 1. The fraction of sp³-hybridized carbons (Fsp3) is 0.263. The number of rotatable bonds is 8. The average molecular weight is 381 g/mol. The van der Waals surface area contributed by atoms with Gasteiger partial charge in [0.15, 0.2) is 6.61 Å². The molecule has 0 aliphatic heterocycles. The van der Waals surface area contributed by atoms with Crippen LogP contribution in [-0.4, -0.2) is 23.4 Å². The second kappa shape index (κ2) is 9.07. The molecule has 0 unspecified atom stereocenters. The van der Waals surface area contributed by atoms with E-state index in [1.54, 1.807) is 24.3 Å². The number of aliphatic carboxylic acids is 1. The molecular weight excluding hydrogens is 363 g/mol. The van der Waals surface area contributed by atoms with Crippen LogP contribution in [0.5, 0.6) is 5.75 Å². The van der Waals surface area contributed by atoms with Crippen molar-refractivity contribution in [3.63, 3.8) is 0 Å². The van der Waals surface area contributed by atoms with E-state index in [1.165, 1.54) is 12.1 Å². The lowest BCUT2D eigenvalue weighted by Gasteiger charge is -2.08. The molecule has 0 bridgehead atoms. The Labute approximate surface area is 154 Å². The van der Waals surface area contributed by atoms with E-state index in [4.69, 9.17) is 14.7 Å². The molecule has 0 aliphatic rings. The number of carboxylic acid groups (broad SMARTS) is 1. The van der Waals surface area contributed by atoms with Gasteiger partial charge >= 0.3 is 12.1 Å². The molecule has 0 saturated heterocycles. The van der Waals surface area contributed by atoms with Crippen LogP contribution in [-0.2, 0) is 22.4 Å². The van der Waals surface area contributed by atoms with Gasteiger partial charge in [-0.15, -0.1) is 0 Å². The number of carboxylic acids is 1. The second-order valence-corrected chi connectivity index (χ2v) is 5.57. The molecule has 0 aromatic heterocycles. The van der Waals surface area contributed by atoms with Crippen LogP contribution >= 0.6 is 0 Å². The molecule has 5 nitrogen and oxygen atoms in total. The Balaban J connectivity index is 1.96. The molecule has 27 heavy (non-hydrogen) atoms. The van der Waals surface area contributed by atoms with Gasteiger partial charge in [0.2, 0.25) is 0 Å². The van der Waals surface area contributed by atoms with E-state index in [0.29, 0.717) is 23.4 Å². The summed E-state index contributed by atoms with van der Waals surface area (Å²) < 4.78 is 42.7. The van der Waals surface area contributed by atoms with E-state index in [2.05, 4.69) is 5.16 Å². The van der Waals surface area contributed by atoms with Gasteiger partial charge in [0, 0.05) is 0 Å². The van der Waals surface area contributed by atoms with Crippen molar-refractivity contribution in [1.29, 1.82) is 0 Å². The zero-order chi connectivity index (χ0) is 19.9. The number of alkyl halides is 3. The molecule has 2 aromatic carbocycles. The molecule has 1 N–H and O–H groups in total. The summed E-state index contributed by atoms with van der Waals surface area (Å²) in [6, 6.07) is 11.4. The monoisotopic (exact) mass is 381 g/mol. The van der Waals surface area contributed by atoms with Crippen LogP contribution in [0.15, 0.2) is 53.7 Å². The minimum absolute atomic E-state index is 0.0431. The molecule has 0 aliphatic carbocycles. The number of carbonyl (C=O) groups is 1. The van der Waals surface area contributed by atoms with Crippen molar-refractivity contribution in [3.05, 3.63) is 65.2 Å². The topological polar surface area (TPSA) is 68.1 Å². The van der Waals surface area contributed by atoms with E-state index >= 15 is 0 Å². The molecule has 0 atom stereocenters. The highest BCUT2D eigenvalue weighted by atomic mass is 19.4. The number of oxime groups is 1. The van der Waals surface area contributed by atoms with Gasteiger partial charge < -0.3 is 14.7 Å². The predicted octanol–water partition coefficient (Wildman–Crippen LogP) is 4.50. The van der Waals surface area contributed by atoms with Crippen LogP contribution in [0.25, 0.3) is 0 Å².